The zero-order valence-corrected chi connectivity index (χ0v) is 8.32. The summed E-state index contributed by atoms with van der Waals surface area (Å²) in [6, 6.07) is 0. The van der Waals surface area contributed by atoms with Gasteiger partial charge in [-0.25, -0.2) is 0 Å². The van der Waals surface area contributed by atoms with E-state index in [2.05, 4.69) is 10.5 Å². The predicted octanol–water partition coefficient (Wildman–Crippen LogP) is -0.126. The van der Waals surface area contributed by atoms with E-state index in [9.17, 15) is 5.11 Å². The lowest BCUT2D eigenvalue weighted by Gasteiger charge is -2.14. The van der Waals surface area contributed by atoms with Crippen molar-refractivity contribution in [2.75, 3.05) is 13.1 Å². The molecular formula is C9H19N3O2. The van der Waals surface area contributed by atoms with E-state index in [0.29, 0.717) is 18.9 Å². The summed E-state index contributed by atoms with van der Waals surface area (Å²) in [7, 11) is 0. The molecule has 0 aromatic heterocycles. The van der Waals surface area contributed by atoms with E-state index < -0.39 is 0 Å². The van der Waals surface area contributed by atoms with Crippen LogP contribution in [-0.4, -0.2) is 35.3 Å². The first-order chi connectivity index (χ1) is 6.74. The van der Waals surface area contributed by atoms with Crippen molar-refractivity contribution in [3.8, 4) is 0 Å². The van der Waals surface area contributed by atoms with Gasteiger partial charge in [0.25, 0.3) is 0 Å². The van der Waals surface area contributed by atoms with Gasteiger partial charge < -0.3 is 21.4 Å². The van der Waals surface area contributed by atoms with Gasteiger partial charge in [-0.15, -0.1) is 0 Å². The van der Waals surface area contributed by atoms with Crippen molar-refractivity contribution in [1.29, 1.82) is 0 Å². The highest BCUT2D eigenvalue weighted by molar-refractivity contribution is 5.79. The van der Waals surface area contributed by atoms with Crippen LogP contribution in [0.4, 0.5) is 0 Å². The predicted molar refractivity (Wildman–Crippen MR) is 54.2 cm³/mol. The molecular weight excluding hydrogens is 182 g/mol. The number of hydrogen-bond donors (Lipinski definition) is 4. The van der Waals surface area contributed by atoms with E-state index in [-0.39, 0.29) is 11.9 Å². The van der Waals surface area contributed by atoms with Crippen LogP contribution >= 0.6 is 0 Å². The number of nitrogens with one attached hydrogen (secondary N) is 1. The maximum absolute atomic E-state index is 9.52. The number of hydrogen-bond acceptors (Lipinski definition) is 4. The van der Waals surface area contributed by atoms with Gasteiger partial charge in [0.1, 0.15) is 5.84 Å². The number of nitrogens with two attached hydrogens (primary N) is 1. The van der Waals surface area contributed by atoms with Gasteiger partial charge in [0.05, 0.1) is 6.10 Å². The van der Waals surface area contributed by atoms with Crippen molar-refractivity contribution in [3.05, 3.63) is 0 Å². The molecule has 0 aromatic carbocycles. The van der Waals surface area contributed by atoms with E-state index in [0.717, 1.165) is 25.8 Å². The molecule has 0 aromatic rings. The molecule has 1 fully saturated rings. The lowest BCUT2D eigenvalue weighted by Crippen LogP contribution is -2.30. The van der Waals surface area contributed by atoms with Crippen molar-refractivity contribution in [1.82, 2.24) is 5.32 Å². The summed E-state index contributed by atoms with van der Waals surface area (Å²) in [6.07, 6.45) is 3.53. The minimum absolute atomic E-state index is 0.147. The quantitative estimate of drug-likeness (QED) is 0.164. The van der Waals surface area contributed by atoms with Crippen LogP contribution in [0.1, 0.15) is 25.7 Å². The summed E-state index contributed by atoms with van der Waals surface area (Å²) in [5.74, 6) is 0.617. The van der Waals surface area contributed by atoms with Gasteiger partial charge >= 0.3 is 0 Å². The van der Waals surface area contributed by atoms with Crippen molar-refractivity contribution in [2.24, 2.45) is 16.8 Å². The number of rotatable bonds is 5. The van der Waals surface area contributed by atoms with Crippen LogP contribution in [0.5, 0.6) is 0 Å². The third kappa shape index (κ3) is 3.51. The Morgan fingerprint density at radius 2 is 2.29 bits per heavy atom. The molecule has 0 aliphatic heterocycles. The molecule has 0 spiro atoms. The zero-order chi connectivity index (χ0) is 10.4. The largest absolute Gasteiger partial charge is 0.409 e. The molecule has 2 atom stereocenters. The van der Waals surface area contributed by atoms with Crippen LogP contribution in [0.3, 0.4) is 0 Å². The van der Waals surface area contributed by atoms with Crippen LogP contribution in [0.15, 0.2) is 5.16 Å². The molecule has 0 amide bonds. The Morgan fingerprint density at radius 1 is 1.50 bits per heavy atom. The summed E-state index contributed by atoms with van der Waals surface area (Å²) in [5, 5.41) is 23.9. The Hall–Kier alpha value is -0.810. The van der Waals surface area contributed by atoms with Gasteiger partial charge in [0, 0.05) is 19.5 Å². The molecule has 1 rings (SSSR count). The lowest BCUT2D eigenvalue weighted by atomic mass is 10.1. The Labute approximate surface area is 84.0 Å². The van der Waals surface area contributed by atoms with Crippen LogP contribution in [0, 0.1) is 5.92 Å². The number of aliphatic hydroxyl groups excluding tert-OH is 1. The Balaban J connectivity index is 2.03. The van der Waals surface area contributed by atoms with E-state index in [1.165, 1.54) is 0 Å². The molecule has 0 bridgehead atoms. The third-order valence-corrected chi connectivity index (χ3v) is 2.71. The molecule has 5 nitrogen and oxygen atoms in total. The third-order valence-electron chi connectivity index (χ3n) is 2.71. The van der Waals surface area contributed by atoms with Gasteiger partial charge in [-0.1, -0.05) is 11.6 Å². The fourth-order valence-corrected chi connectivity index (χ4v) is 1.81. The monoisotopic (exact) mass is 201 g/mol. The number of amidine groups is 1. The van der Waals surface area contributed by atoms with Gasteiger partial charge in [0.2, 0.25) is 0 Å². The SMILES string of the molecule is NC(CCNCC1CCCC1O)=NO. The highest BCUT2D eigenvalue weighted by atomic mass is 16.4. The summed E-state index contributed by atoms with van der Waals surface area (Å²) in [6.45, 7) is 1.51. The second-order valence-corrected chi connectivity index (χ2v) is 3.80. The van der Waals surface area contributed by atoms with Gasteiger partial charge in [-0.05, 0) is 18.8 Å². The van der Waals surface area contributed by atoms with Crippen molar-refractivity contribution < 1.29 is 10.3 Å². The van der Waals surface area contributed by atoms with E-state index in [1.807, 2.05) is 0 Å². The maximum Gasteiger partial charge on any atom is 0.140 e. The Morgan fingerprint density at radius 3 is 2.86 bits per heavy atom. The average Bonchev–Trinajstić information content (AvgIpc) is 2.58. The maximum atomic E-state index is 9.52. The van der Waals surface area contributed by atoms with Crippen LogP contribution in [0.25, 0.3) is 0 Å². The summed E-state index contributed by atoms with van der Waals surface area (Å²) >= 11 is 0. The summed E-state index contributed by atoms with van der Waals surface area (Å²) in [4.78, 5) is 0. The van der Waals surface area contributed by atoms with Crippen LogP contribution in [-0.2, 0) is 0 Å². The van der Waals surface area contributed by atoms with Crippen molar-refractivity contribution >= 4 is 5.84 Å². The first kappa shape index (κ1) is 11.3. The fraction of sp³-hybridized carbons (Fsp3) is 0.889. The standard InChI is InChI=1S/C9H19N3O2/c10-9(12-14)4-5-11-6-7-2-1-3-8(7)13/h7-8,11,13-14H,1-6H2,(H2,10,12). The van der Waals surface area contributed by atoms with E-state index in [1.54, 1.807) is 0 Å². The number of aliphatic hydroxyl groups is 1. The minimum atomic E-state index is -0.147. The minimum Gasteiger partial charge on any atom is -0.409 e. The highest BCUT2D eigenvalue weighted by Crippen LogP contribution is 2.24. The molecule has 5 heteroatoms. The highest BCUT2D eigenvalue weighted by Gasteiger charge is 2.24. The second kappa shape index (κ2) is 5.82. The normalized spacial score (nSPS) is 28.2. The van der Waals surface area contributed by atoms with Gasteiger partial charge in [-0.3, -0.25) is 0 Å². The molecule has 0 saturated heterocycles. The summed E-state index contributed by atoms with van der Waals surface area (Å²) < 4.78 is 0. The van der Waals surface area contributed by atoms with Crippen molar-refractivity contribution in [3.63, 3.8) is 0 Å². The molecule has 82 valence electrons. The lowest BCUT2D eigenvalue weighted by molar-refractivity contribution is 0.132. The number of oxime groups is 1. The van der Waals surface area contributed by atoms with E-state index in [4.69, 9.17) is 10.9 Å². The first-order valence-corrected chi connectivity index (χ1v) is 5.09. The van der Waals surface area contributed by atoms with E-state index >= 15 is 0 Å². The van der Waals surface area contributed by atoms with Crippen molar-refractivity contribution in [2.45, 2.75) is 31.8 Å². The molecule has 0 heterocycles. The van der Waals surface area contributed by atoms with Gasteiger partial charge in [0.15, 0.2) is 0 Å². The zero-order valence-electron chi connectivity index (χ0n) is 8.32. The molecule has 1 aliphatic rings. The van der Waals surface area contributed by atoms with Gasteiger partial charge in [-0.2, -0.15) is 0 Å². The molecule has 5 N–H and O–H groups in total. The average molecular weight is 201 g/mol. The smallest absolute Gasteiger partial charge is 0.140 e. The molecule has 14 heavy (non-hydrogen) atoms. The van der Waals surface area contributed by atoms with Crippen LogP contribution < -0.4 is 11.1 Å². The Bertz CT molecular complexity index is 196. The topological polar surface area (TPSA) is 90.9 Å². The second-order valence-electron chi connectivity index (χ2n) is 3.80. The molecule has 1 aliphatic carbocycles. The number of nitrogens with zero attached hydrogens (tertiary/aromatic N) is 1. The Kier molecular flexibility index (Phi) is 4.69. The molecule has 0 radical (unpaired) electrons. The molecule has 1 saturated carbocycles. The molecule has 2 unspecified atom stereocenters. The first-order valence-electron chi connectivity index (χ1n) is 5.09. The summed E-state index contributed by atoms with van der Waals surface area (Å²) in [5.41, 5.74) is 5.31. The van der Waals surface area contributed by atoms with Crippen LogP contribution in [0.2, 0.25) is 0 Å². The fourth-order valence-electron chi connectivity index (χ4n) is 1.81.